The van der Waals surface area contributed by atoms with E-state index in [1.165, 1.54) is 83.5 Å². The molecule has 0 fully saturated rings. The van der Waals surface area contributed by atoms with Crippen molar-refractivity contribution >= 4 is 38.1 Å². The van der Waals surface area contributed by atoms with E-state index in [1.54, 1.807) is 0 Å². The van der Waals surface area contributed by atoms with Crippen molar-refractivity contribution in [3.63, 3.8) is 0 Å². The zero-order valence-corrected chi connectivity index (χ0v) is 17.0. The van der Waals surface area contributed by atoms with E-state index in [4.69, 9.17) is 24.3 Å². The number of hydrogen-bond acceptors (Lipinski definition) is 5. The van der Waals surface area contributed by atoms with E-state index < -0.39 is 15.0 Å². The summed E-state index contributed by atoms with van der Waals surface area (Å²) in [6, 6.07) is 0. The quantitative estimate of drug-likeness (QED) is 0.199. The van der Waals surface area contributed by atoms with Crippen molar-refractivity contribution in [3.8, 4) is 0 Å². The first-order chi connectivity index (χ1) is 11.8. The van der Waals surface area contributed by atoms with Crippen LogP contribution in [0.25, 0.3) is 0 Å². The third-order valence-corrected chi connectivity index (χ3v) is 3.99. The van der Waals surface area contributed by atoms with Gasteiger partial charge < -0.3 is 24.3 Å². The predicted octanol–water partition coefficient (Wildman–Crippen LogP) is 2.81. The van der Waals surface area contributed by atoms with Crippen LogP contribution in [0.15, 0.2) is 0 Å². The van der Waals surface area contributed by atoms with E-state index in [0.717, 1.165) is 12.8 Å². The minimum absolute atomic E-state index is 0. The molecule has 0 radical (unpaired) electrons. The minimum Gasteiger partial charge on any atom is -0.481 e. The lowest BCUT2D eigenvalue weighted by atomic mass is 10.0. The second-order valence-electron chi connectivity index (χ2n) is 6.69. The highest BCUT2D eigenvalue weighted by atomic mass is 28.4. The molecule has 0 spiro atoms. The summed E-state index contributed by atoms with van der Waals surface area (Å²) in [6.45, 7) is 2.27. The molecular weight excluding hydrogens is 365 g/mol. The molecule has 0 saturated carbocycles. The average molecular weight is 407 g/mol. The van der Waals surface area contributed by atoms with Gasteiger partial charge in [-0.15, -0.1) is 0 Å². The van der Waals surface area contributed by atoms with Gasteiger partial charge in [-0.2, -0.15) is 0 Å². The number of carboxylic acid groups (broad SMARTS) is 1. The Morgan fingerprint density at radius 1 is 0.615 bits per heavy atom. The lowest BCUT2D eigenvalue weighted by Crippen LogP contribution is -2.33. The fraction of sp³-hybridized carbons (Fsp3) is 0.944. The summed E-state index contributed by atoms with van der Waals surface area (Å²) >= 11 is 0. The van der Waals surface area contributed by atoms with E-state index in [2.05, 4.69) is 6.92 Å². The molecule has 0 aromatic carbocycles. The summed E-state index contributed by atoms with van der Waals surface area (Å²) in [4.78, 5) is 39.6. The van der Waals surface area contributed by atoms with Crippen LogP contribution in [0.5, 0.6) is 0 Å². The maximum absolute atomic E-state index is 10.3. The molecule has 0 atom stereocenters. The Balaban J connectivity index is -0.000000772. The molecule has 0 unspecified atom stereocenters. The van der Waals surface area contributed by atoms with Crippen molar-refractivity contribution in [1.29, 1.82) is 0 Å². The molecular formula is C18H42MgO6Si. The molecule has 0 aliphatic rings. The first-order valence-corrected chi connectivity index (χ1v) is 11.7. The van der Waals surface area contributed by atoms with E-state index >= 15 is 0 Å². The maximum Gasteiger partial charge on any atom is 0.668 e. The van der Waals surface area contributed by atoms with Gasteiger partial charge in [0.25, 0.3) is 0 Å². The molecule has 0 saturated heterocycles. The van der Waals surface area contributed by atoms with Crippen LogP contribution < -0.4 is 0 Å². The highest BCUT2D eigenvalue weighted by Crippen LogP contribution is 2.13. The zero-order valence-electron chi connectivity index (χ0n) is 16.0. The van der Waals surface area contributed by atoms with Crippen molar-refractivity contribution in [2.24, 2.45) is 0 Å². The Bertz CT molecular complexity index is 281. The third-order valence-electron chi connectivity index (χ3n) is 3.99. The summed E-state index contributed by atoms with van der Waals surface area (Å²) in [5.74, 6) is -0.653. The van der Waals surface area contributed by atoms with Crippen LogP contribution in [0.3, 0.4) is 0 Å². The molecule has 0 aliphatic heterocycles. The van der Waals surface area contributed by atoms with E-state index in [9.17, 15) is 4.79 Å². The molecule has 8 heteroatoms. The van der Waals surface area contributed by atoms with Gasteiger partial charge >= 0.3 is 38.1 Å². The number of unbranched alkanes of at least 4 members (excludes halogenated alkanes) is 14. The second kappa shape index (κ2) is 23.3. The fourth-order valence-electron chi connectivity index (χ4n) is 2.65. The maximum atomic E-state index is 10.3. The summed E-state index contributed by atoms with van der Waals surface area (Å²) < 4.78 is 0. The molecule has 5 N–H and O–H groups in total. The van der Waals surface area contributed by atoms with Crippen molar-refractivity contribution in [1.82, 2.24) is 0 Å². The fourth-order valence-corrected chi connectivity index (χ4v) is 2.65. The van der Waals surface area contributed by atoms with Crippen molar-refractivity contribution in [2.45, 2.75) is 110 Å². The van der Waals surface area contributed by atoms with Gasteiger partial charge in [-0.05, 0) is 6.42 Å². The highest BCUT2D eigenvalue weighted by molar-refractivity contribution is 6.46. The third kappa shape index (κ3) is 44.1. The first kappa shape index (κ1) is 31.0. The monoisotopic (exact) mass is 406 g/mol. The van der Waals surface area contributed by atoms with Crippen molar-refractivity contribution in [3.05, 3.63) is 0 Å². The van der Waals surface area contributed by atoms with Gasteiger partial charge in [-0.1, -0.05) is 96.8 Å². The second-order valence-corrected chi connectivity index (χ2v) is 7.89. The van der Waals surface area contributed by atoms with Crippen LogP contribution in [0.4, 0.5) is 0 Å². The lowest BCUT2D eigenvalue weighted by molar-refractivity contribution is -0.137. The van der Waals surface area contributed by atoms with Gasteiger partial charge in [0.15, 0.2) is 0 Å². The van der Waals surface area contributed by atoms with Crippen LogP contribution >= 0.6 is 0 Å². The first-order valence-electron chi connectivity index (χ1n) is 9.88. The summed E-state index contributed by atoms with van der Waals surface area (Å²) in [6.07, 6.45) is 20.2. The van der Waals surface area contributed by atoms with Crippen LogP contribution in [0.1, 0.15) is 110 Å². The minimum atomic E-state index is -4.61. The lowest BCUT2D eigenvalue weighted by Gasteiger charge is -2.03. The van der Waals surface area contributed by atoms with Gasteiger partial charge in [-0.25, -0.2) is 0 Å². The largest absolute Gasteiger partial charge is 0.668 e. The van der Waals surface area contributed by atoms with Crippen LogP contribution in [0, 0.1) is 0 Å². The van der Waals surface area contributed by atoms with E-state index in [-0.39, 0.29) is 23.1 Å². The molecule has 0 bridgehead atoms. The molecule has 26 heavy (non-hydrogen) atoms. The standard InChI is InChI=1S/C18H36O2.Mg.H4O4Si.2H/c1-2-3-4-5-6-7-8-9-10-11-12-13-14-15-16-17-18(19)20;;1-5(2,3)4;;/h2-17H2,1H3,(H,19,20);;1-4H;;. The van der Waals surface area contributed by atoms with Crippen LogP contribution in [-0.4, -0.2) is 62.4 Å². The molecule has 0 aliphatic carbocycles. The van der Waals surface area contributed by atoms with Gasteiger partial charge in [0.1, 0.15) is 0 Å². The van der Waals surface area contributed by atoms with Crippen LogP contribution in [-0.2, 0) is 4.79 Å². The highest BCUT2D eigenvalue weighted by Gasteiger charge is 2.22. The Morgan fingerprint density at radius 3 is 1.08 bits per heavy atom. The SMILES string of the molecule is CCCCCCCCCCCCCCCCCC(=O)O.O[Si](O)(O)O.[MgH2]. The van der Waals surface area contributed by atoms with Crippen LogP contribution in [0.2, 0.25) is 0 Å². The molecule has 6 nitrogen and oxygen atoms in total. The number of carbonyl (C=O) groups is 1. The Morgan fingerprint density at radius 2 is 0.846 bits per heavy atom. The summed E-state index contributed by atoms with van der Waals surface area (Å²) in [5, 5.41) is 8.52. The zero-order chi connectivity index (χ0) is 19.4. The topological polar surface area (TPSA) is 118 Å². The number of rotatable bonds is 16. The molecule has 0 amide bonds. The van der Waals surface area contributed by atoms with Gasteiger partial charge in [0, 0.05) is 6.42 Å². The van der Waals surface area contributed by atoms with Crippen molar-refractivity contribution in [2.75, 3.05) is 0 Å². The Labute approximate surface area is 176 Å². The predicted molar refractivity (Wildman–Crippen MR) is 110 cm³/mol. The van der Waals surface area contributed by atoms with E-state index in [1.807, 2.05) is 0 Å². The van der Waals surface area contributed by atoms with Gasteiger partial charge in [-0.3, -0.25) is 4.79 Å². The molecule has 0 aromatic heterocycles. The smallest absolute Gasteiger partial charge is 0.481 e. The molecule has 0 rings (SSSR count). The Hall–Kier alpha value is 0.293. The number of hydrogen-bond donors (Lipinski definition) is 5. The molecule has 0 aromatic rings. The molecule has 0 heterocycles. The Kier molecular flexibility index (Phi) is 27.8. The number of carboxylic acids is 1. The van der Waals surface area contributed by atoms with E-state index in [0.29, 0.717) is 6.42 Å². The average Bonchev–Trinajstić information content (AvgIpc) is 2.49. The van der Waals surface area contributed by atoms with Gasteiger partial charge in [0.2, 0.25) is 0 Å². The summed E-state index contributed by atoms with van der Waals surface area (Å²) in [5.41, 5.74) is 0. The number of aliphatic carboxylic acids is 1. The van der Waals surface area contributed by atoms with Gasteiger partial charge in [0.05, 0.1) is 0 Å². The van der Waals surface area contributed by atoms with Crippen molar-refractivity contribution < 1.29 is 29.1 Å². The normalized spacial score (nSPS) is 10.7. The molecule has 156 valence electrons. The summed E-state index contributed by atoms with van der Waals surface area (Å²) in [7, 11) is -4.61.